The average Bonchev–Trinajstić information content (AvgIpc) is 2.19. The Hall–Kier alpha value is -1.56. The molecule has 0 radical (unpaired) electrons. The summed E-state index contributed by atoms with van der Waals surface area (Å²) < 4.78 is 35.7. The van der Waals surface area contributed by atoms with E-state index in [-0.39, 0.29) is 16.3 Å². The van der Waals surface area contributed by atoms with Crippen LogP contribution in [0.15, 0.2) is 18.2 Å². The topological polar surface area (TPSA) is 46.2 Å². The lowest BCUT2D eigenvalue weighted by Gasteiger charge is -2.08. The molecule has 0 spiro atoms. The van der Waals surface area contributed by atoms with Crippen LogP contribution in [0.5, 0.6) is 0 Å². The number of hydrogen-bond donors (Lipinski definition) is 1. The molecule has 16 heavy (non-hydrogen) atoms. The van der Waals surface area contributed by atoms with Crippen LogP contribution < -0.4 is 5.32 Å². The van der Waals surface area contributed by atoms with Gasteiger partial charge in [0, 0.05) is 11.3 Å². The van der Waals surface area contributed by atoms with E-state index in [1.165, 1.54) is 12.1 Å². The van der Waals surface area contributed by atoms with Gasteiger partial charge in [0.15, 0.2) is 6.29 Å². The third-order valence-electron chi connectivity index (χ3n) is 1.64. The third-order valence-corrected chi connectivity index (χ3v) is 1.98. The molecule has 1 amide bonds. The monoisotopic (exact) mass is 251 g/mol. The van der Waals surface area contributed by atoms with E-state index in [1.54, 1.807) is 5.32 Å². The molecule has 0 saturated heterocycles. The minimum Gasteiger partial charge on any atom is -0.318 e. The first-order valence-corrected chi connectivity index (χ1v) is 4.35. The maximum Gasteiger partial charge on any atom is 0.471 e. The first-order chi connectivity index (χ1) is 7.34. The minimum absolute atomic E-state index is 0.00152. The lowest BCUT2D eigenvalue weighted by atomic mass is 10.2. The summed E-state index contributed by atoms with van der Waals surface area (Å²) in [6, 6.07) is 3.44. The molecular formula is C9H5ClF3NO2. The summed E-state index contributed by atoms with van der Waals surface area (Å²) in [5.74, 6) is -2.10. The molecule has 0 atom stereocenters. The highest BCUT2D eigenvalue weighted by molar-refractivity contribution is 6.33. The molecule has 0 fully saturated rings. The van der Waals surface area contributed by atoms with Crippen molar-refractivity contribution in [2.75, 3.05) is 5.32 Å². The number of rotatable bonds is 2. The predicted octanol–water partition coefficient (Wildman–Crippen LogP) is 2.65. The van der Waals surface area contributed by atoms with E-state index in [0.29, 0.717) is 6.29 Å². The average molecular weight is 252 g/mol. The molecule has 0 aliphatic heterocycles. The second-order valence-electron chi connectivity index (χ2n) is 2.81. The number of aldehydes is 1. The summed E-state index contributed by atoms with van der Waals surface area (Å²) in [7, 11) is 0. The van der Waals surface area contributed by atoms with Crippen molar-refractivity contribution < 1.29 is 22.8 Å². The van der Waals surface area contributed by atoms with Crippen molar-refractivity contribution in [2.45, 2.75) is 6.18 Å². The molecule has 0 saturated carbocycles. The number of alkyl halides is 3. The maximum atomic E-state index is 11.9. The second kappa shape index (κ2) is 4.52. The first-order valence-electron chi connectivity index (χ1n) is 3.97. The molecule has 1 rings (SSSR count). The number of carbonyl (C=O) groups excluding carboxylic acids is 2. The van der Waals surface area contributed by atoms with E-state index in [4.69, 9.17) is 11.6 Å². The minimum atomic E-state index is -4.97. The summed E-state index contributed by atoms with van der Waals surface area (Å²) in [6.45, 7) is 0. The van der Waals surface area contributed by atoms with E-state index in [2.05, 4.69) is 0 Å². The molecule has 1 aromatic carbocycles. The van der Waals surface area contributed by atoms with Gasteiger partial charge in [-0.2, -0.15) is 13.2 Å². The zero-order valence-corrected chi connectivity index (χ0v) is 8.39. The number of hydrogen-bond acceptors (Lipinski definition) is 2. The van der Waals surface area contributed by atoms with Gasteiger partial charge >= 0.3 is 12.1 Å². The van der Waals surface area contributed by atoms with Gasteiger partial charge in [-0.25, -0.2) is 0 Å². The van der Waals surface area contributed by atoms with Crippen LogP contribution >= 0.6 is 11.6 Å². The van der Waals surface area contributed by atoms with Gasteiger partial charge in [0.2, 0.25) is 0 Å². The highest BCUT2D eigenvalue weighted by Gasteiger charge is 2.38. The Kier molecular flexibility index (Phi) is 3.54. The van der Waals surface area contributed by atoms with Crippen LogP contribution in [0.4, 0.5) is 18.9 Å². The fourth-order valence-electron chi connectivity index (χ4n) is 0.914. The summed E-state index contributed by atoms with van der Waals surface area (Å²) in [5.41, 5.74) is -0.143. The first kappa shape index (κ1) is 12.5. The van der Waals surface area contributed by atoms with E-state index in [0.717, 1.165) is 6.07 Å². The fourth-order valence-corrected chi connectivity index (χ4v) is 1.08. The Morgan fingerprint density at radius 1 is 1.38 bits per heavy atom. The molecule has 0 aliphatic carbocycles. The van der Waals surface area contributed by atoms with Gasteiger partial charge in [0.05, 0.1) is 5.02 Å². The smallest absolute Gasteiger partial charge is 0.318 e. The van der Waals surface area contributed by atoms with Crippen molar-refractivity contribution in [1.82, 2.24) is 0 Å². The van der Waals surface area contributed by atoms with Crippen molar-refractivity contribution in [3.05, 3.63) is 28.8 Å². The van der Waals surface area contributed by atoms with Crippen LogP contribution in [0.2, 0.25) is 5.02 Å². The summed E-state index contributed by atoms with van der Waals surface area (Å²) >= 11 is 5.56. The number of anilines is 1. The maximum absolute atomic E-state index is 11.9. The zero-order valence-electron chi connectivity index (χ0n) is 7.64. The Morgan fingerprint density at radius 2 is 2.00 bits per heavy atom. The van der Waals surface area contributed by atoms with Crippen molar-refractivity contribution in [2.24, 2.45) is 0 Å². The van der Waals surface area contributed by atoms with Gasteiger partial charge in [-0.15, -0.1) is 0 Å². The molecule has 86 valence electrons. The Morgan fingerprint density at radius 3 is 2.50 bits per heavy atom. The Balaban J connectivity index is 2.91. The number of amides is 1. The van der Waals surface area contributed by atoms with Crippen molar-refractivity contribution >= 4 is 29.5 Å². The molecule has 7 heteroatoms. The molecule has 3 nitrogen and oxygen atoms in total. The molecule has 1 N–H and O–H groups in total. The Labute approximate surface area is 93.2 Å². The van der Waals surface area contributed by atoms with Crippen molar-refractivity contribution in [1.29, 1.82) is 0 Å². The van der Waals surface area contributed by atoms with Crippen LogP contribution in [-0.2, 0) is 4.79 Å². The summed E-state index contributed by atoms with van der Waals surface area (Å²) in [5, 5.41) is 1.70. The van der Waals surface area contributed by atoms with E-state index in [9.17, 15) is 22.8 Å². The molecule has 0 unspecified atom stereocenters. The molecule has 1 aromatic rings. The van der Waals surface area contributed by atoms with Crippen LogP contribution in [-0.4, -0.2) is 18.4 Å². The Bertz CT molecular complexity index is 431. The molecular weight excluding hydrogens is 247 g/mol. The predicted molar refractivity (Wildman–Crippen MR) is 51.5 cm³/mol. The summed E-state index contributed by atoms with van der Waals surface area (Å²) in [6.07, 6.45) is -4.59. The highest BCUT2D eigenvalue weighted by atomic mass is 35.5. The summed E-state index contributed by atoms with van der Waals surface area (Å²) in [4.78, 5) is 21.0. The van der Waals surface area contributed by atoms with Gasteiger partial charge in [-0.05, 0) is 18.2 Å². The lowest BCUT2D eigenvalue weighted by Crippen LogP contribution is -2.29. The van der Waals surface area contributed by atoms with E-state index in [1.807, 2.05) is 0 Å². The van der Waals surface area contributed by atoms with Crippen molar-refractivity contribution in [3.63, 3.8) is 0 Å². The number of benzene rings is 1. The largest absolute Gasteiger partial charge is 0.471 e. The molecule has 0 bridgehead atoms. The zero-order chi connectivity index (χ0) is 12.3. The number of halogens is 4. The third kappa shape index (κ3) is 2.96. The fraction of sp³-hybridized carbons (Fsp3) is 0.111. The van der Waals surface area contributed by atoms with Gasteiger partial charge in [-0.1, -0.05) is 11.6 Å². The van der Waals surface area contributed by atoms with Gasteiger partial charge in [0.1, 0.15) is 0 Å². The van der Waals surface area contributed by atoms with Crippen LogP contribution in [0.1, 0.15) is 10.4 Å². The lowest BCUT2D eigenvalue weighted by molar-refractivity contribution is -0.167. The van der Waals surface area contributed by atoms with E-state index < -0.39 is 12.1 Å². The normalized spacial score (nSPS) is 11.0. The molecule has 0 heterocycles. The van der Waals surface area contributed by atoms with Crippen LogP contribution in [0.25, 0.3) is 0 Å². The second-order valence-corrected chi connectivity index (χ2v) is 3.21. The number of nitrogens with one attached hydrogen (secondary N) is 1. The standard InChI is InChI=1S/C9H5ClF3NO2/c10-7-2-1-6(3-5(7)4-15)14-8(16)9(11,12)13/h1-4H,(H,14,16). The van der Waals surface area contributed by atoms with Gasteiger partial charge in [0.25, 0.3) is 0 Å². The van der Waals surface area contributed by atoms with Gasteiger partial charge in [-0.3, -0.25) is 9.59 Å². The van der Waals surface area contributed by atoms with Crippen LogP contribution in [0, 0.1) is 0 Å². The van der Waals surface area contributed by atoms with Gasteiger partial charge < -0.3 is 5.32 Å². The quantitative estimate of drug-likeness (QED) is 0.822. The SMILES string of the molecule is O=Cc1cc(NC(=O)C(F)(F)F)ccc1Cl. The number of carbonyl (C=O) groups is 2. The molecule has 0 aromatic heterocycles. The van der Waals surface area contributed by atoms with Crippen molar-refractivity contribution in [3.8, 4) is 0 Å². The van der Waals surface area contributed by atoms with Crippen LogP contribution in [0.3, 0.4) is 0 Å². The molecule has 0 aliphatic rings. The highest BCUT2D eigenvalue weighted by Crippen LogP contribution is 2.22. The van der Waals surface area contributed by atoms with E-state index >= 15 is 0 Å².